The summed E-state index contributed by atoms with van der Waals surface area (Å²) in [4.78, 5) is 20.7. The molecule has 0 heterocycles. The van der Waals surface area contributed by atoms with Crippen LogP contribution in [0.15, 0.2) is 0 Å². The summed E-state index contributed by atoms with van der Waals surface area (Å²) in [7, 11) is 0. The number of nitrogens with one attached hydrogen (secondary N) is 1. The number of alkyl carbamates (subject to hydrolysis) is 1. The molecule has 0 aromatic heterocycles. The highest BCUT2D eigenvalue weighted by Gasteiger charge is 2.16. The summed E-state index contributed by atoms with van der Waals surface area (Å²) in [6, 6.07) is 0. The highest BCUT2D eigenvalue weighted by atomic mass is 19.1. The fourth-order valence-corrected chi connectivity index (χ4v) is 0.543. The fourth-order valence-electron chi connectivity index (χ4n) is 0.543. The third kappa shape index (κ3) is 7.24. The summed E-state index contributed by atoms with van der Waals surface area (Å²) in [6.07, 6.45) is -2.28. The molecule has 0 radical (unpaired) electrons. The molecule has 0 aliphatic rings. The van der Waals surface area contributed by atoms with E-state index >= 15 is 0 Å². The summed E-state index contributed by atoms with van der Waals surface area (Å²) in [6.45, 7) is 4.73. The summed E-state index contributed by atoms with van der Waals surface area (Å²) in [5, 5.41) is 2.12. The van der Waals surface area contributed by atoms with Crippen LogP contribution in [0.3, 0.4) is 0 Å². The van der Waals surface area contributed by atoms with E-state index in [0.29, 0.717) is 0 Å². The van der Waals surface area contributed by atoms with Crippen LogP contribution in [-0.2, 0) is 9.53 Å². The van der Waals surface area contributed by atoms with Gasteiger partial charge in [0, 0.05) is 0 Å². The third-order valence-corrected chi connectivity index (χ3v) is 0.988. The van der Waals surface area contributed by atoms with Crippen LogP contribution < -0.4 is 5.32 Å². The van der Waals surface area contributed by atoms with Crippen molar-refractivity contribution in [3.63, 3.8) is 0 Å². The quantitative estimate of drug-likeness (QED) is 0.678. The van der Waals surface area contributed by atoms with Crippen LogP contribution in [0.25, 0.3) is 0 Å². The summed E-state index contributed by atoms with van der Waals surface area (Å²) < 4.78 is 17.1. The van der Waals surface area contributed by atoms with Crippen molar-refractivity contribution in [1.82, 2.24) is 5.32 Å². The Kier molecular flexibility index (Phi) is 4.37. The number of aldehydes is 1. The zero-order valence-electron chi connectivity index (χ0n) is 7.96. The molecule has 0 bridgehead atoms. The van der Waals surface area contributed by atoms with Crippen LogP contribution in [0, 0.1) is 0 Å². The largest absolute Gasteiger partial charge is 0.444 e. The van der Waals surface area contributed by atoms with E-state index in [1.54, 1.807) is 20.8 Å². The summed E-state index contributed by atoms with van der Waals surface area (Å²) in [5.41, 5.74) is -0.614. The van der Waals surface area contributed by atoms with Gasteiger partial charge in [-0.2, -0.15) is 0 Å². The number of carbonyl (C=O) groups excluding carboxylic acids is 2. The van der Waals surface area contributed by atoms with Crippen LogP contribution in [0.5, 0.6) is 0 Å². The number of halogens is 1. The van der Waals surface area contributed by atoms with Gasteiger partial charge in [0.25, 0.3) is 0 Å². The Hall–Kier alpha value is -1.13. The molecule has 0 aromatic carbocycles. The standard InChI is InChI=1S/C8H14FNO3/c1-8(2,3)13-7(12)10-4-6(9)5-11/h5-6H,4H2,1-3H3,(H,10,12)/t6-/m0/s1. The van der Waals surface area contributed by atoms with Gasteiger partial charge in [0.05, 0.1) is 6.54 Å². The Morgan fingerprint density at radius 2 is 2.15 bits per heavy atom. The highest BCUT2D eigenvalue weighted by Crippen LogP contribution is 2.06. The molecule has 0 rings (SSSR count). The van der Waals surface area contributed by atoms with Crippen molar-refractivity contribution in [3.8, 4) is 0 Å². The molecule has 0 saturated heterocycles. The molecule has 0 unspecified atom stereocenters. The van der Waals surface area contributed by atoms with Gasteiger partial charge in [-0.05, 0) is 20.8 Å². The molecule has 5 heteroatoms. The maximum absolute atomic E-state index is 12.3. The van der Waals surface area contributed by atoms with Gasteiger partial charge in [0.1, 0.15) is 5.60 Å². The van der Waals surface area contributed by atoms with Gasteiger partial charge in [-0.1, -0.05) is 0 Å². The van der Waals surface area contributed by atoms with E-state index in [1.165, 1.54) is 0 Å². The topological polar surface area (TPSA) is 55.4 Å². The van der Waals surface area contributed by atoms with E-state index in [0.717, 1.165) is 0 Å². The average molecular weight is 191 g/mol. The molecule has 13 heavy (non-hydrogen) atoms. The first kappa shape index (κ1) is 11.9. The number of hydrogen-bond donors (Lipinski definition) is 1. The van der Waals surface area contributed by atoms with Gasteiger partial charge in [0.2, 0.25) is 0 Å². The van der Waals surface area contributed by atoms with Gasteiger partial charge in [-0.3, -0.25) is 0 Å². The number of rotatable bonds is 3. The van der Waals surface area contributed by atoms with Gasteiger partial charge >= 0.3 is 6.09 Å². The highest BCUT2D eigenvalue weighted by molar-refractivity contribution is 5.68. The second-order valence-corrected chi connectivity index (χ2v) is 3.53. The Labute approximate surface area is 76.4 Å². The summed E-state index contributed by atoms with van der Waals surface area (Å²) >= 11 is 0. The van der Waals surface area contributed by atoms with Crippen molar-refractivity contribution in [2.24, 2.45) is 0 Å². The van der Waals surface area contributed by atoms with Crippen molar-refractivity contribution < 1.29 is 18.7 Å². The Bertz CT molecular complexity index is 188. The van der Waals surface area contributed by atoms with E-state index in [9.17, 15) is 14.0 Å². The Morgan fingerprint density at radius 3 is 2.54 bits per heavy atom. The zero-order chi connectivity index (χ0) is 10.5. The van der Waals surface area contributed by atoms with E-state index in [4.69, 9.17) is 4.74 Å². The lowest BCUT2D eigenvalue weighted by atomic mass is 10.2. The number of hydrogen-bond acceptors (Lipinski definition) is 3. The lowest BCUT2D eigenvalue weighted by molar-refractivity contribution is -0.111. The van der Waals surface area contributed by atoms with Crippen LogP contribution in [0.4, 0.5) is 9.18 Å². The van der Waals surface area contributed by atoms with E-state index in [1.807, 2.05) is 0 Å². The minimum atomic E-state index is -1.67. The monoisotopic (exact) mass is 191 g/mol. The van der Waals surface area contributed by atoms with E-state index in [-0.39, 0.29) is 12.8 Å². The molecule has 0 saturated carbocycles. The molecular weight excluding hydrogens is 177 g/mol. The molecular formula is C8H14FNO3. The predicted octanol–water partition coefficient (Wildman–Crippen LogP) is 1.05. The minimum absolute atomic E-state index is 0.122. The molecule has 0 aliphatic carbocycles. The lowest BCUT2D eigenvalue weighted by Gasteiger charge is -2.19. The zero-order valence-corrected chi connectivity index (χ0v) is 7.96. The minimum Gasteiger partial charge on any atom is -0.444 e. The molecule has 76 valence electrons. The van der Waals surface area contributed by atoms with Crippen molar-refractivity contribution in [1.29, 1.82) is 0 Å². The lowest BCUT2D eigenvalue weighted by Crippen LogP contribution is -2.36. The predicted molar refractivity (Wildman–Crippen MR) is 45.2 cm³/mol. The molecule has 1 amide bonds. The van der Waals surface area contributed by atoms with Crippen LogP contribution in [0.2, 0.25) is 0 Å². The third-order valence-electron chi connectivity index (χ3n) is 0.988. The molecule has 1 N–H and O–H groups in total. The fraction of sp³-hybridized carbons (Fsp3) is 0.750. The number of ether oxygens (including phenoxy) is 1. The maximum Gasteiger partial charge on any atom is 0.407 e. The van der Waals surface area contributed by atoms with Crippen molar-refractivity contribution in [2.75, 3.05) is 6.54 Å². The first-order chi connectivity index (χ1) is 5.85. The van der Waals surface area contributed by atoms with Gasteiger partial charge in [0.15, 0.2) is 12.5 Å². The molecule has 0 aliphatic heterocycles. The molecule has 0 fully saturated rings. The van der Waals surface area contributed by atoms with Crippen LogP contribution >= 0.6 is 0 Å². The van der Waals surface area contributed by atoms with Crippen LogP contribution in [-0.4, -0.2) is 30.7 Å². The first-order valence-corrected chi connectivity index (χ1v) is 3.91. The van der Waals surface area contributed by atoms with E-state index in [2.05, 4.69) is 5.32 Å². The number of alkyl halides is 1. The number of amides is 1. The normalized spacial score (nSPS) is 13.2. The molecule has 1 atom stereocenters. The van der Waals surface area contributed by atoms with E-state index < -0.39 is 17.9 Å². The van der Waals surface area contributed by atoms with Crippen molar-refractivity contribution in [2.45, 2.75) is 32.5 Å². The SMILES string of the molecule is CC(C)(C)OC(=O)NC[C@H](F)C=O. The van der Waals surface area contributed by atoms with Crippen molar-refractivity contribution in [3.05, 3.63) is 0 Å². The smallest absolute Gasteiger partial charge is 0.407 e. The number of carbonyl (C=O) groups is 2. The van der Waals surface area contributed by atoms with Gasteiger partial charge in [-0.25, -0.2) is 9.18 Å². The Morgan fingerprint density at radius 1 is 1.62 bits per heavy atom. The first-order valence-electron chi connectivity index (χ1n) is 3.91. The Balaban J connectivity index is 3.70. The van der Waals surface area contributed by atoms with Gasteiger partial charge in [-0.15, -0.1) is 0 Å². The second-order valence-electron chi connectivity index (χ2n) is 3.53. The maximum atomic E-state index is 12.3. The second kappa shape index (κ2) is 4.79. The summed E-state index contributed by atoms with van der Waals surface area (Å²) in [5.74, 6) is 0. The molecule has 0 spiro atoms. The van der Waals surface area contributed by atoms with Crippen molar-refractivity contribution >= 4 is 12.4 Å². The van der Waals surface area contributed by atoms with Crippen LogP contribution in [0.1, 0.15) is 20.8 Å². The van der Waals surface area contributed by atoms with Gasteiger partial charge < -0.3 is 14.8 Å². The molecule has 4 nitrogen and oxygen atoms in total. The molecule has 0 aromatic rings. The average Bonchev–Trinajstić information content (AvgIpc) is 1.97.